The molecule has 0 unspecified atom stereocenters. The van der Waals surface area contributed by atoms with E-state index in [2.05, 4.69) is 19.9 Å². The van der Waals surface area contributed by atoms with Gasteiger partial charge in [-0.15, -0.1) is 0 Å². The van der Waals surface area contributed by atoms with Crippen LogP contribution in [0.25, 0.3) is 0 Å². The molecule has 3 aromatic rings. The normalized spacial score (nSPS) is 19.2. The number of piperazine rings is 1. The lowest BCUT2D eigenvalue weighted by molar-refractivity contribution is -0.141. The number of carbonyl (C=O) groups is 2. The van der Waals surface area contributed by atoms with Gasteiger partial charge in [0.1, 0.15) is 23.4 Å². The third-order valence-electron chi connectivity index (χ3n) is 7.73. The Kier molecular flexibility index (Phi) is 7.53. The second-order valence-corrected chi connectivity index (χ2v) is 10.5. The number of carbonyl (C=O) groups excluding carboxylic acids is 2. The number of aromatic nitrogens is 3. The van der Waals surface area contributed by atoms with Crippen molar-refractivity contribution in [3.8, 4) is 17.4 Å². The highest BCUT2D eigenvalue weighted by Crippen LogP contribution is 2.27. The van der Waals surface area contributed by atoms with Crippen LogP contribution in [0.15, 0.2) is 55.0 Å². The Morgan fingerprint density at radius 2 is 1.49 bits per heavy atom. The number of amides is 2. The van der Waals surface area contributed by atoms with Gasteiger partial charge in [-0.1, -0.05) is 0 Å². The van der Waals surface area contributed by atoms with Crippen molar-refractivity contribution in [3.63, 3.8) is 0 Å². The van der Waals surface area contributed by atoms with Crippen LogP contribution in [0.5, 0.6) is 17.4 Å². The van der Waals surface area contributed by atoms with Crippen molar-refractivity contribution >= 4 is 23.5 Å². The Balaban J connectivity index is 0.950. The number of halogens is 1. The van der Waals surface area contributed by atoms with E-state index in [1.165, 1.54) is 12.1 Å². The van der Waals surface area contributed by atoms with Gasteiger partial charge >= 0.3 is 0 Å². The zero-order valence-corrected chi connectivity index (χ0v) is 22.9. The molecule has 0 N–H and O–H groups in total. The van der Waals surface area contributed by atoms with Crippen molar-refractivity contribution in [2.45, 2.75) is 19.4 Å². The molecular formula is C29H32FN7O4. The van der Waals surface area contributed by atoms with Gasteiger partial charge in [0.25, 0.3) is 0 Å². The molecule has 214 valence electrons. The maximum absolute atomic E-state index is 13.1. The number of pyridine rings is 1. The summed E-state index contributed by atoms with van der Waals surface area (Å²) < 4.78 is 24.8. The van der Waals surface area contributed by atoms with Crippen LogP contribution in [0.2, 0.25) is 0 Å². The quantitative estimate of drug-likeness (QED) is 0.431. The highest BCUT2D eigenvalue weighted by atomic mass is 19.1. The van der Waals surface area contributed by atoms with Gasteiger partial charge in [0, 0.05) is 65.2 Å². The van der Waals surface area contributed by atoms with Crippen LogP contribution in [0, 0.1) is 11.7 Å². The molecule has 3 fully saturated rings. The highest BCUT2D eigenvalue weighted by Gasteiger charge is 2.38. The van der Waals surface area contributed by atoms with Gasteiger partial charge in [-0.3, -0.25) is 9.59 Å². The summed E-state index contributed by atoms with van der Waals surface area (Å²) in [6, 6.07) is 9.30. The highest BCUT2D eigenvalue weighted by molar-refractivity contribution is 5.82. The van der Waals surface area contributed by atoms with E-state index >= 15 is 0 Å². The molecule has 5 heterocycles. The Labute approximate surface area is 237 Å². The third kappa shape index (κ3) is 6.16. The van der Waals surface area contributed by atoms with Gasteiger partial charge in [-0.05, 0) is 30.3 Å². The monoisotopic (exact) mass is 561 g/mol. The second kappa shape index (κ2) is 11.6. The first-order valence-corrected chi connectivity index (χ1v) is 13.8. The molecule has 0 radical (unpaired) electrons. The molecule has 3 saturated heterocycles. The first kappa shape index (κ1) is 26.7. The molecule has 2 aromatic heterocycles. The number of hydrogen-bond donors (Lipinski definition) is 0. The maximum Gasteiger partial charge on any atom is 0.229 e. The lowest BCUT2D eigenvalue weighted by Crippen LogP contribution is -2.58. The van der Waals surface area contributed by atoms with E-state index in [0.29, 0.717) is 69.1 Å². The lowest BCUT2D eigenvalue weighted by atomic mass is 9.98. The predicted octanol–water partition coefficient (Wildman–Crippen LogP) is 2.59. The number of hydrogen-bond acceptors (Lipinski definition) is 9. The second-order valence-electron chi connectivity index (χ2n) is 10.5. The van der Waals surface area contributed by atoms with Crippen LogP contribution in [-0.2, 0) is 9.59 Å². The summed E-state index contributed by atoms with van der Waals surface area (Å²) in [5.41, 5.74) is 0.928. The van der Waals surface area contributed by atoms with Gasteiger partial charge in [-0.2, -0.15) is 0 Å². The molecule has 3 aliphatic heterocycles. The average molecular weight is 562 g/mol. The smallest absolute Gasteiger partial charge is 0.229 e. The zero-order valence-electron chi connectivity index (χ0n) is 22.9. The van der Waals surface area contributed by atoms with Crippen molar-refractivity contribution in [1.82, 2.24) is 24.8 Å². The fraction of sp³-hybridized carbons (Fsp3) is 0.414. The molecule has 1 atom stereocenters. The van der Waals surface area contributed by atoms with E-state index in [1.807, 2.05) is 28.3 Å². The van der Waals surface area contributed by atoms with Gasteiger partial charge in [0.2, 0.25) is 23.6 Å². The first-order valence-electron chi connectivity index (χ1n) is 13.8. The van der Waals surface area contributed by atoms with Crippen LogP contribution < -0.4 is 19.3 Å². The van der Waals surface area contributed by atoms with Crippen molar-refractivity contribution in [2.24, 2.45) is 5.92 Å². The zero-order chi connectivity index (χ0) is 28.3. The van der Waals surface area contributed by atoms with Crippen molar-refractivity contribution in [1.29, 1.82) is 0 Å². The van der Waals surface area contributed by atoms with Crippen LogP contribution >= 0.6 is 0 Å². The molecule has 0 bridgehead atoms. The van der Waals surface area contributed by atoms with E-state index in [4.69, 9.17) is 9.47 Å². The van der Waals surface area contributed by atoms with E-state index < -0.39 is 0 Å². The van der Waals surface area contributed by atoms with E-state index in [9.17, 15) is 14.0 Å². The van der Waals surface area contributed by atoms with E-state index in [-0.39, 0.29) is 29.7 Å². The number of benzene rings is 1. The summed E-state index contributed by atoms with van der Waals surface area (Å²) in [5.74, 6) is 2.01. The average Bonchev–Trinajstić information content (AvgIpc) is 3.43. The number of anilines is 2. The molecule has 0 saturated carbocycles. The standard InChI is InChI=1S/C29H32FN7O4/c1-20(38)34-10-12-35(13-11-34)28(39)21-17-37(18-21)29-32-14-23(15-33-29)36-9-8-26(19-36)40-25-6-7-27(31-16-25)41-24-4-2-22(30)3-5-24/h2-7,14-16,21,26H,8-13,17-19H2,1H3/t26-/m1/s1. The van der Waals surface area contributed by atoms with Gasteiger partial charge in [0.15, 0.2) is 0 Å². The molecule has 11 nitrogen and oxygen atoms in total. The van der Waals surface area contributed by atoms with Crippen LogP contribution in [-0.4, -0.2) is 95.0 Å². The van der Waals surface area contributed by atoms with Crippen molar-refractivity contribution in [2.75, 3.05) is 62.2 Å². The van der Waals surface area contributed by atoms with Crippen LogP contribution in [0.3, 0.4) is 0 Å². The SMILES string of the molecule is CC(=O)N1CCN(C(=O)C2CN(c3ncc(N4CC[C@@H](Oc5ccc(Oc6ccc(F)cc6)nc5)C4)cn3)C2)CC1. The largest absolute Gasteiger partial charge is 0.487 e. The molecule has 0 aliphatic carbocycles. The van der Waals surface area contributed by atoms with E-state index in [0.717, 1.165) is 18.7 Å². The summed E-state index contributed by atoms with van der Waals surface area (Å²) in [4.78, 5) is 45.6. The van der Waals surface area contributed by atoms with Crippen LogP contribution in [0.4, 0.5) is 16.0 Å². The molecule has 6 rings (SSSR count). The molecule has 12 heteroatoms. The van der Waals surface area contributed by atoms with Crippen molar-refractivity contribution < 1.29 is 23.5 Å². The van der Waals surface area contributed by atoms with Gasteiger partial charge in [-0.25, -0.2) is 19.3 Å². The summed E-state index contributed by atoms with van der Waals surface area (Å²) >= 11 is 0. The topological polar surface area (TPSA) is 104 Å². The van der Waals surface area contributed by atoms with Gasteiger partial charge in [0.05, 0.1) is 36.7 Å². The summed E-state index contributed by atoms with van der Waals surface area (Å²) in [6.07, 6.45) is 6.12. The minimum Gasteiger partial charge on any atom is -0.487 e. The molecule has 1 aromatic carbocycles. The van der Waals surface area contributed by atoms with E-state index in [1.54, 1.807) is 36.2 Å². The minimum absolute atomic E-state index is 0.000177. The molecule has 2 amide bonds. The number of ether oxygens (including phenoxy) is 2. The summed E-state index contributed by atoms with van der Waals surface area (Å²) in [5, 5.41) is 0. The number of rotatable bonds is 7. The molecule has 41 heavy (non-hydrogen) atoms. The minimum atomic E-state index is -0.321. The van der Waals surface area contributed by atoms with Gasteiger partial charge < -0.3 is 29.1 Å². The fourth-order valence-corrected chi connectivity index (χ4v) is 5.31. The molecular weight excluding hydrogens is 529 g/mol. The third-order valence-corrected chi connectivity index (χ3v) is 7.73. The predicted molar refractivity (Wildman–Crippen MR) is 149 cm³/mol. The Morgan fingerprint density at radius 1 is 0.805 bits per heavy atom. The summed E-state index contributed by atoms with van der Waals surface area (Å²) in [6.45, 7) is 6.68. The Bertz CT molecular complexity index is 1360. The van der Waals surface area contributed by atoms with Crippen molar-refractivity contribution in [3.05, 3.63) is 60.8 Å². The first-order chi connectivity index (χ1) is 19.9. The molecule has 0 spiro atoms. The van der Waals surface area contributed by atoms with Crippen LogP contribution in [0.1, 0.15) is 13.3 Å². The number of nitrogens with zero attached hydrogens (tertiary/aromatic N) is 7. The lowest BCUT2D eigenvalue weighted by Gasteiger charge is -2.42. The maximum atomic E-state index is 13.1. The Morgan fingerprint density at radius 3 is 2.15 bits per heavy atom. The Hall–Kier alpha value is -4.48. The molecule has 3 aliphatic rings. The summed E-state index contributed by atoms with van der Waals surface area (Å²) in [7, 11) is 0. The fourth-order valence-electron chi connectivity index (χ4n) is 5.31.